The van der Waals surface area contributed by atoms with Crippen LogP contribution in [0.5, 0.6) is 0 Å². The number of carbonyl (C=O) groups excluding carboxylic acids is 1. The van der Waals surface area contributed by atoms with Gasteiger partial charge < -0.3 is 4.74 Å². The van der Waals surface area contributed by atoms with Crippen LogP contribution in [0.1, 0.15) is 71.1 Å². The summed E-state index contributed by atoms with van der Waals surface area (Å²) in [5, 5.41) is 0. The first-order valence-electron chi connectivity index (χ1n) is 8.81. The van der Waals surface area contributed by atoms with Crippen molar-refractivity contribution >= 4 is 5.97 Å². The Hall–Kier alpha value is -0.830. The number of nitrogens with zero attached hydrogens (tertiary/aromatic N) is 1. The van der Waals surface area contributed by atoms with E-state index in [4.69, 9.17) is 4.74 Å². The Bertz CT molecular complexity index is 285. The summed E-state index contributed by atoms with van der Waals surface area (Å²) in [7, 11) is 0. The summed E-state index contributed by atoms with van der Waals surface area (Å²) >= 11 is 0. The van der Waals surface area contributed by atoms with Crippen molar-refractivity contribution in [3.63, 3.8) is 0 Å². The van der Waals surface area contributed by atoms with Crippen LogP contribution < -0.4 is 0 Å². The van der Waals surface area contributed by atoms with Gasteiger partial charge in [0.15, 0.2) is 0 Å². The quantitative estimate of drug-likeness (QED) is 0.323. The van der Waals surface area contributed by atoms with Gasteiger partial charge in [0.2, 0.25) is 0 Å². The largest absolute Gasteiger partial charge is 0.461 e. The average molecular weight is 295 g/mol. The zero-order valence-electron chi connectivity index (χ0n) is 13.8. The van der Waals surface area contributed by atoms with Crippen molar-refractivity contribution in [2.24, 2.45) is 0 Å². The summed E-state index contributed by atoms with van der Waals surface area (Å²) in [6, 6.07) is 0.701. The van der Waals surface area contributed by atoms with Crippen molar-refractivity contribution in [1.82, 2.24) is 4.90 Å². The molecule has 0 aliphatic heterocycles. The number of rotatable bonds is 11. The molecule has 1 fully saturated rings. The van der Waals surface area contributed by atoms with E-state index in [9.17, 15) is 4.79 Å². The lowest BCUT2D eigenvalue weighted by Crippen LogP contribution is -2.39. The fourth-order valence-electron chi connectivity index (χ4n) is 3.16. The van der Waals surface area contributed by atoms with E-state index in [1.807, 2.05) is 0 Å². The molecule has 3 heteroatoms. The molecule has 0 amide bonds. The molecule has 0 atom stereocenters. The summed E-state index contributed by atoms with van der Waals surface area (Å²) in [5.41, 5.74) is 0. The molecule has 0 bridgehead atoms. The number of hydrogen-bond donors (Lipinski definition) is 0. The van der Waals surface area contributed by atoms with E-state index in [0.717, 1.165) is 13.1 Å². The predicted molar refractivity (Wildman–Crippen MR) is 88.4 cm³/mol. The monoisotopic (exact) mass is 295 g/mol. The number of esters is 1. The molecule has 0 aromatic rings. The first-order chi connectivity index (χ1) is 10.3. The van der Waals surface area contributed by atoms with E-state index >= 15 is 0 Å². The molecule has 0 radical (unpaired) electrons. The van der Waals surface area contributed by atoms with E-state index in [1.165, 1.54) is 70.3 Å². The standard InChI is InChI=1S/C18H33NO2/c1-3-5-6-7-11-14-19(15-16-21-18(20)4-2)17-12-9-8-10-13-17/h4,17H,2-3,5-16H2,1H3. The van der Waals surface area contributed by atoms with Crippen molar-refractivity contribution < 1.29 is 9.53 Å². The van der Waals surface area contributed by atoms with Crippen molar-refractivity contribution in [3.8, 4) is 0 Å². The molecule has 1 rings (SSSR count). The number of hydrogen-bond acceptors (Lipinski definition) is 3. The van der Waals surface area contributed by atoms with Gasteiger partial charge in [0, 0.05) is 18.7 Å². The van der Waals surface area contributed by atoms with Crippen LogP contribution >= 0.6 is 0 Å². The first kappa shape index (κ1) is 18.2. The van der Waals surface area contributed by atoms with E-state index in [1.54, 1.807) is 0 Å². The molecule has 0 spiro atoms. The van der Waals surface area contributed by atoms with Gasteiger partial charge in [0.25, 0.3) is 0 Å². The molecule has 0 saturated heterocycles. The van der Waals surface area contributed by atoms with Crippen LogP contribution in [0.4, 0.5) is 0 Å². The fourth-order valence-corrected chi connectivity index (χ4v) is 3.16. The predicted octanol–water partition coefficient (Wildman–Crippen LogP) is 4.32. The third-order valence-electron chi connectivity index (χ3n) is 4.43. The Labute approximate surface area is 130 Å². The van der Waals surface area contributed by atoms with Gasteiger partial charge in [-0.1, -0.05) is 58.4 Å². The SMILES string of the molecule is C=CC(=O)OCCN(CCCCCCC)C1CCCCC1. The molecule has 1 aliphatic rings. The van der Waals surface area contributed by atoms with Crippen molar-refractivity contribution in [2.45, 2.75) is 77.2 Å². The van der Waals surface area contributed by atoms with Crippen molar-refractivity contribution in [1.29, 1.82) is 0 Å². The second kappa shape index (κ2) is 11.8. The smallest absolute Gasteiger partial charge is 0.330 e. The van der Waals surface area contributed by atoms with Crippen molar-refractivity contribution in [3.05, 3.63) is 12.7 Å². The average Bonchev–Trinajstić information content (AvgIpc) is 2.53. The molecule has 3 nitrogen and oxygen atoms in total. The molecule has 0 N–H and O–H groups in total. The minimum absolute atomic E-state index is 0.304. The Balaban J connectivity index is 2.30. The van der Waals surface area contributed by atoms with E-state index < -0.39 is 0 Å². The maximum atomic E-state index is 11.1. The highest BCUT2D eigenvalue weighted by Gasteiger charge is 2.20. The molecule has 1 aliphatic carbocycles. The van der Waals surface area contributed by atoms with Gasteiger partial charge in [-0.2, -0.15) is 0 Å². The third-order valence-corrected chi connectivity index (χ3v) is 4.43. The topological polar surface area (TPSA) is 29.5 Å². The van der Waals surface area contributed by atoms with Gasteiger partial charge in [-0.25, -0.2) is 4.79 Å². The van der Waals surface area contributed by atoms with E-state index in [-0.39, 0.29) is 5.97 Å². The summed E-state index contributed by atoms with van der Waals surface area (Å²) < 4.78 is 5.16. The van der Waals surface area contributed by atoms with Crippen molar-refractivity contribution in [2.75, 3.05) is 19.7 Å². The molecule has 1 saturated carbocycles. The second-order valence-electron chi connectivity index (χ2n) is 6.11. The minimum Gasteiger partial charge on any atom is -0.461 e. The number of carbonyl (C=O) groups is 1. The zero-order valence-corrected chi connectivity index (χ0v) is 13.8. The lowest BCUT2D eigenvalue weighted by molar-refractivity contribution is -0.138. The van der Waals surface area contributed by atoms with E-state index in [0.29, 0.717) is 12.6 Å². The van der Waals surface area contributed by atoms with Crippen LogP contribution in [0.15, 0.2) is 12.7 Å². The van der Waals surface area contributed by atoms with Gasteiger partial charge in [0.1, 0.15) is 6.61 Å². The van der Waals surface area contributed by atoms with Gasteiger partial charge in [0.05, 0.1) is 0 Å². The van der Waals surface area contributed by atoms with Gasteiger partial charge in [-0.15, -0.1) is 0 Å². The third kappa shape index (κ3) is 8.25. The lowest BCUT2D eigenvalue weighted by atomic mass is 9.94. The Morgan fingerprint density at radius 3 is 2.52 bits per heavy atom. The van der Waals surface area contributed by atoms with Crippen LogP contribution in [0.2, 0.25) is 0 Å². The Morgan fingerprint density at radius 2 is 1.86 bits per heavy atom. The minimum atomic E-state index is -0.304. The summed E-state index contributed by atoms with van der Waals surface area (Å²) in [4.78, 5) is 13.7. The zero-order chi connectivity index (χ0) is 15.3. The fraction of sp³-hybridized carbons (Fsp3) is 0.833. The lowest BCUT2D eigenvalue weighted by Gasteiger charge is -2.34. The van der Waals surface area contributed by atoms with Crippen LogP contribution in [0.25, 0.3) is 0 Å². The number of ether oxygens (including phenoxy) is 1. The maximum Gasteiger partial charge on any atom is 0.330 e. The summed E-state index contributed by atoms with van der Waals surface area (Å²) in [5.74, 6) is -0.304. The van der Waals surface area contributed by atoms with Gasteiger partial charge >= 0.3 is 5.97 Å². The van der Waals surface area contributed by atoms with Crippen LogP contribution in [-0.4, -0.2) is 36.6 Å². The van der Waals surface area contributed by atoms with Crippen LogP contribution in [-0.2, 0) is 9.53 Å². The molecule has 21 heavy (non-hydrogen) atoms. The Kier molecular flexibility index (Phi) is 10.2. The highest BCUT2D eigenvalue weighted by atomic mass is 16.5. The highest BCUT2D eigenvalue weighted by Crippen LogP contribution is 2.23. The number of unbranched alkanes of at least 4 members (excludes halogenated alkanes) is 4. The van der Waals surface area contributed by atoms with E-state index in [2.05, 4.69) is 18.4 Å². The second-order valence-corrected chi connectivity index (χ2v) is 6.11. The molecule has 0 unspecified atom stereocenters. The normalized spacial score (nSPS) is 16.1. The summed E-state index contributed by atoms with van der Waals surface area (Å²) in [6.45, 7) is 8.21. The molecule has 0 aromatic heterocycles. The van der Waals surface area contributed by atoms with Crippen LogP contribution in [0, 0.1) is 0 Å². The molecule has 122 valence electrons. The van der Waals surface area contributed by atoms with Gasteiger partial charge in [-0.3, -0.25) is 4.90 Å². The van der Waals surface area contributed by atoms with Gasteiger partial charge in [-0.05, 0) is 25.8 Å². The Morgan fingerprint density at radius 1 is 1.14 bits per heavy atom. The summed E-state index contributed by atoms with van der Waals surface area (Å²) in [6.07, 6.45) is 14.5. The molecular formula is C18H33NO2. The highest BCUT2D eigenvalue weighted by molar-refractivity contribution is 5.81. The first-order valence-corrected chi connectivity index (χ1v) is 8.81. The van der Waals surface area contributed by atoms with Crippen LogP contribution in [0.3, 0.4) is 0 Å². The molecule has 0 heterocycles. The molecular weight excluding hydrogens is 262 g/mol. The maximum absolute atomic E-state index is 11.1. The molecule has 0 aromatic carbocycles.